The lowest BCUT2D eigenvalue weighted by Crippen LogP contribution is -2.56. The highest BCUT2D eigenvalue weighted by atomic mass is 32.2. The van der Waals surface area contributed by atoms with Crippen LogP contribution in [0.25, 0.3) is 11.1 Å². The second-order valence-electron chi connectivity index (χ2n) is 9.94. The van der Waals surface area contributed by atoms with E-state index in [1.54, 1.807) is 62.3 Å². The Bertz CT molecular complexity index is 1460. The van der Waals surface area contributed by atoms with Gasteiger partial charge in [-0.1, -0.05) is 42.5 Å². The third kappa shape index (κ3) is 5.88. The first-order chi connectivity index (χ1) is 17.9. The molecule has 1 aliphatic rings. The van der Waals surface area contributed by atoms with Crippen molar-refractivity contribution in [2.75, 3.05) is 12.0 Å². The third-order valence-electron chi connectivity index (χ3n) is 6.53. The van der Waals surface area contributed by atoms with E-state index < -0.39 is 27.5 Å². The van der Waals surface area contributed by atoms with Crippen LogP contribution in [0.5, 0.6) is 5.75 Å². The Hall–Kier alpha value is -3.73. The quantitative estimate of drug-likeness (QED) is 0.423. The summed E-state index contributed by atoms with van der Waals surface area (Å²) in [6, 6.07) is 18.6. The van der Waals surface area contributed by atoms with Gasteiger partial charge in [-0.15, -0.1) is 0 Å². The van der Waals surface area contributed by atoms with Crippen molar-refractivity contribution in [3.8, 4) is 16.9 Å². The Labute approximate surface area is 222 Å². The van der Waals surface area contributed by atoms with Gasteiger partial charge in [-0.05, 0) is 67.6 Å². The SMILES string of the molecule is COc1ccc2c(c1)CC[C@@H](NC(=O)C(C)(C)N)C(=O)N2Cc1ccc(-c2ccccc2S(N)(=O)=O)cc1. The maximum absolute atomic E-state index is 13.7. The molecule has 1 aliphatic heterocycles. The normalized spacial score (nSPS) is 16.0. The molecule has 0 radical (unpaired) electrons. The molecule has 0 aromatic heterocycles. The molecule has 3 aromatic rings. The van der Waals surface area contributed by atoms with Gasteiger partial charge in [0.15, 0.2) is 0 Å². The van der Waals surface area contributed by atoms with Gasteiger partial charge in [0.25, 0.3) is 0 Å². The topological polar surface area (TPSA) is 145 Å². The van der Waals surface area contributed by atoms with Gasteiger partial charge in [0.05, 0.1) is 24.1 Å². The fourth-order valence-electron chi connectivity index (χ4n) is 4.45. The van der Waals surface area contributed by atoms with Crippen LogP contribution in [0.1, 0.15) is 31.4 Å². The molecule has 0 saturated carbocycles. The fourth-order valence-corrected chi connectivity index (χ4v) is 5.21. The highest BCUT2D eigenvalue weighted by molar-refractivity contribution is 7.89. The molecule has 0 saturated heterocycles. The number of carbonyl (C=O) groups is 2. The molecule has 10 heteroatoms. The lowest BCUT2D eigenvalue weighted by Gasteiger charge is -2.28. The summed E-state index contributed by atoms with van der Waals surface area (Å²) in [5.74, 6) is 0.0342. The summed E-state index contributed by atoms with van der Waals surface area (Å²) in [5, 5.41) is 8.22. The summed E-state index contributed by atoms with van der Waals surface area (Å²) < 4.78 is 29.5. The first-order valence-corrected chi connectivity index (χ1v) is 13.7. The number of carbonyl (C=O) groups excluding carboxylic acids is 2. The van der Waals surface area contributed by atoms with Gasteiger partial charge < -0.3 is 20.7 Å². The number of fused-ring (bicyclic) bond motifs is 1. The molecule has 1 heterocycles. The highest BCUT2D eigenvalue weighted by Crippen LogP contribution is 2.33. The van der Waals surface area contributed by atoms with Crippen LogP contribution in [-0.2, 0) is 32.6 Å². The Morgan fingerprint density at radius 3 is 2.42 bits per heavy atom. The van der Waals surface area contributed by atoms with Gasteiger partial charge >= 0.3 is 0 Å². The van der Waals surface area contributed by atoms with Crippen molar-refractivity contribution in [3.05, 3.63) is 77.9 Å². The zero-order valence-corrected chi connectivity index (χ0v) is 22.4. The minimum Gasteiger partial charge on any atom is -0.497 e. The molecule has 4 rings (SSSR count). The minimum atomic E-state index is -3.90. The Kier molecular flexibility index (Phi) is 7.59. The number of amides is 2. The van der Waals surface area contributed by atoms with E-state index in [0.29, 0.717) is 29.7 Å². The number of hydrogen-bond acceptors (Lipinski definition) is 6. The average molecular weight is 537 g/mol. The monoisotopic (exact) mass is 536 g/mol. The van der Waals surface area contributed by atoms with Crippen molar-refractivity contribution < 1.29 is 22.7 Å². The number of primary sulfonamides is 1. The molecule has 3 aromatic carbocycles. The lowest BCUT2D eigenvalue weighted by molar-refractivity contribution is -0.130. The van der Waals surface area contributed by atoms with Crippen molar-refractivity contribution in [1.29, 1.82) is 0 Å². The van der Waals surface area contributed by atoms with E-state index in [-0.39, 0.29) is 17.3 Å². The van der Waals surface area contributed by atoms with E-state index in [1.807, 2.05) is 24.3 Å². The molecular weight excluding hydrogens is 504 g/mol. The number of hydrogen-bond donors (Lipinski definition) is 3. The van der Waals surface area contributed by atoms with Gasteiger partial charge in [-0.3, -0.25) is 9.59 Å². The van der Waals surface area contributed by atoms with E-state index in [4.69, 9.17) is 15.6 Å². The summed E-state index contributed by atoms with van der Waals surface area (Å²) in [6.07, 6.45) is 0.981. The third-order valence-corrected chi connectivity index (χ3v) is 7.50. The first kappa shape index (κ1) is 27.3. The number of anilines is 1. The maximum Gasteiger partial charge on any atom is 0.249 e. The fraction of sp³-hybridized carbons (Fsp3) is 0.286. The van der Waals surface area contributed by atoms with Gasteiger partial charge in [-0.25, -0.2) is 13.6 Å². The van der Waals surface area contributed by atoms with Crippen molar-refractivity contribution in [3.63, 3.8) is 0 Å². The summed E-state index contributed by atoms with van der Waals surface area (Å²) in [5.41, 5.74) is 8.50. The second-order valence-corrected chi connectivity index (χ2v) is 11.5. The second kappa shape index (κ2) is 10.6. The average Bonchev–Trinajstić information content (AvgIpc) is 3.00. The maximum atomic E-state index is 13.7. The number of methoxy groups -OCH3 is 1. The van der Waals surface area contributed by atoms with E-state index in [2.05, 4.69) is 5.32 Å². The zero-order valence-electron chi connectivity index (χ0n) is 21.6. The van der Waals surface area contributed by atoms with E-state index >= 15 is 0 Å². The largest absolute Gasteiger partial charge is 0.497 e. The van der Waals surface area contributed by atoms with E-state index in [9.17, 15) is 18.0 Å². The lowest BCUT2D eigenvalue weighted by atomic mass is 10.0. The first-order valence-electron chi connectivity index (χ1n) is 12.2. The Balaban J connectivity index is 1.67. The Morgan fingerprint density at radius 2 is 1.79 bits per heavy atom. The Morgan fingerprint density at radius 1 is 1.11 bits per heavy atom. The van der Waals surface area contributed by atoms with Crippen LogP contribution < -0.4 is 25.8 Å². The van der Waals surface area contributed by atoms with Crippen molar-refractivity contribution in [2.45, 2.75) is 49.7 Å². The number of benzene rings is 3. The van der Waals surface area contributed by atoms with Gasteiger partial charge in [-0.2, -0.15) is 0 Å². The molecule has 2 amide bonds. The molecule has 200 valence electrons. The number of nitrogens with zero attached hydrogens (tertiary/aromatic N) is 1. The smallest absolute Gasteiger partial charge is 0.249 e. The minimum absolute atomic E-state index is 0.0414. The van der Waals surface area contributed by atoms with Crippen LogP contribution in [0, 0.1) is 0 Å². The number of ether oxygens (including phenoxy) is 1. The number of nitrogens with two attached hydrogens (primary N) is 2. The summed E-state index contributed by atoms with van der Waals surface area (Å²) >= 11 is 0. The van der Waals surface area contributed by atoms with Gasteiger partial charge in [0, 0.05) is 11.3 Å². The number of aryl methyl sites for hydroxylation is 1. The molecule has 0 aliphatic carbocycles. The van der Waals surface area contributed by atoms with Crippen molar-refractivity contribution in [2.24, 2.45) is 10.9 Å². The van der Waals surface area contributed by atoms with E-state index in [1.165, 1.54) is 6.07 Å². The molecule has 0 spiro atoms. The predicted molar refractivity (Wildman–Crippen MR) is 146 cm³/mol. The number of rotatable bonds is 7. The molecule has 1 atom stereocenters. The standard InChI is InChI=1S/C28H32N4O5S/c1-28(2,29)27(34)31-23-14-12-20-16-21(37-3)13-15-24(20)32(26(23)33)17-18-8-10-19(11-9-18)22-6-4-5-7-25(22)38(30,35)36/h4-11,13,15-16,23H,12,14,17,29H2,1-3H3,(H,31,34)(H2,30,35,36)/t23-/m1/s1. The molecule has 38 heavy (non-hydrogen) atoms. The molecular formula is C28H32N4O5S. The summed E-state index contributed by atoms with van der Waals surface area (Å²) in [7, 11) is -2.31. The molecule has 9 nitrogen and oxygen atoms in total. The summed E-state index contributed by atoms with van der Waals surface area (Å²) in [6.45, 7) is 3.43. The molecule has 0 bridgehead atoms. The van der Waals surface area contributed by atoms with Crippen LogP contribution >= 0.6 is 0 Å². The zero-order chi connectivity index (χ0) is 27.7. The van der Waals surface area contributed by atoms with E-state index in [0.717, 1.165) is 16.8 Å². The molecule has 0 unspecified atom stereocenters. The van der Waals surface area contributed by atoms with Crippen LogP contribution in [0.15, 0.2) is 71.6 Å². The molecule has 0 fully saturated rings. The summed E-state index contributed by atoms with van der Waals surface area (Å²) in [4.78, 5) is 28.0. The number of sulfonamides is 1. The van der Waals surface area contributed by atoms with Gasteiger partial charge in [0.2, 0.25) is 21.8 Å². The van der Waals surface area contributed by atoms with Crippen LogP contribution in [0.2, 0.25) is 0 Å². The van der Waals surface area contributed by atoms with Gasteiger partial charge in [0.1, 0.15) is 11.8 Å². The predicted octanol–water partition coefficient (Wildman–Crippen LogP) is 2.71. The number of nitrogens with one attached hydrogen (secondary N) is 1. The van der Waals surface area contributed by atoms with Crippen molar-refractivity contribution >= 4 is 27.5 Å². The van der Waals surface area contributed by atoms with Crippen LogP contribution in [0.4, 0.5) is 5.69 Å². The molecule has 5 N–H and O–H groups in total. The van der Waals surface area contributed by atoms with Crippen molar-refractivity contribution in [1.82, 2.24) is 5.32 Å². The highest BCUT2D eigenvalue weighted by Gasteiger charge is 2.34. The van der Waals surface area contributed by atoms with Crippen LogP contribution in [-0.4, -0.2) is 38.9 Å². The van der Waals surface area contributed by atoms with Crippen LogP contribution in [0.3, 0.4) is 0 Å².